The Morgan fingerprint density at radius 3 is 2.73 bits per heavy atom. The third-order valence-corrected chi connectivity index (χ3v) is 7.23. The molecule has 0 bridgehead atoms. The molecular formula is C16H22N2O2S2. The highest BCUT2D eigenvalue weighted by Gasteiger charge is 2.26. The van der Waals surface area contributed by atoms with Gasteiger partial charge in [0.25, 0.3) is 0 Å². The van der Waals surface area contributed by atoms with E-state index in [1.807, 2.05) is 35.7 Å². The average Bonchev–Trinajstić information content (AvgIpc) is 3.10. The van der Waals surface area contributed by atoms with Crippen molar-refractivity contribution in [1.29, 1.82) is 0 Å². The summed E-state index contributed by atoms with van der Waals surface area (Å²) in [6, 6.07) is 7.68. The number of anilines is 1. The van der Waals surface area contributed by atoms with E-state index in [1.165, 1.54) is 17.1 Å². The minimum Gasteiger partial charge on any atom is -0.381 e. The lowest BCUT2D eigenvalue weighted by Crippen LogP contribution is -2.44. The molecule has 0 saturated carbocycles. The molecule has 2 aliphatic heterocycles. The van der Waals surface area contributed by atoms with E-state index in [9.17, 15) is 4.79 Å². The SMILES string of the molecule is NC(C(=O)Nc1cccc(C2SCCS2)c1)C1CCOCC1. The molecule has 0 aromatic heterocycles. The van der Waals surface area contributed by atoms with Gasteiger partial charge in [-0.05, 0) is 36.5 Å². The van der Waals surface area contributed by atoms with E-state index >= 15 is 0 Å². The summed E-state index contributed by atoms with van der Waals surface area (Å²) in [5, 5.41) is 2.98. The van der Waals surface area contributed by atoms with Crippen molar-refractivity contribution in [3.63, 3.8) is 0 Å². The van der Waals surface area contributed by atoms with Gasteiger partial charge >= 0.3 is 0 Å². The molecule has 2 heterocycles. The molecule has 0 aliphatic carbocycles. The van der Waals surface area contributed by atoms with Gasteiger partial charge in [-0.25, -0.2) is 0 Å². The zero-order chi connectivity index (χ0) is 15.4. The van der Waals surface area contributed by atoms with Crippen LogP contribution in [-0.2, 0) is 9.53 Å². The highest BCUT2D eigenvalue weighted by molar-refractivity contribution is 8.19. The standard InChI is InChI=1S/C16H22N2O2S2/c17-14(11-4-6-20-7-5-11)15(19)18-13-3-1-2-12(10-13)16-21-8-9-22-16/h1-3,10-11,14,16H,4-9,17H2,(H,18,19). The molecular weight excluding hydrogens is 316 g/mol. The fourth-order valence-corrected chi connectivity index (χ4v) is 5.67. The van der Waals surface area contributed by atoms with Crippen molar-refractivity contribution < 1.29 is 9.53 Å². The number of amides is 1. The first-order valence-electron chi connectivity index (χ1n) is 7.71. The lowest BCUT2D eigenvalue weighted by molar-refractivity contribution is -0.119. The van der Waals surface area contributed by atoms with Gasteiger partial charge in [0, 0.05) is 30.4 Å². The highest BCUT2D eigenvalue weighted by Crippen LogP contribution is 2.45. The molecule has 3 rings (SSSR count). The maximum atomic E-state index is 12.4. The molecule has 22 heavy (non-hydrogen) atoms. The van der Waals surface area contributed by atoms with Gasteiger partial charge in [0.2, 0.25) is 5.91 Å². The number of carbonyl (C=O) groups is 1. The molecule has 1 amide bonds. The number of benzene rings is 1. The van der Waals surface area contributed by atoms with E-state index in [0.717, 1.165) is 18.5 Å². The second-order valence-corrected chi connectivity index (χ2v) is 8.39. The van der Waals surface area contributed by atoms with Crippen LogP contribution in [0.25, 0.3) is 0 Å². The van der Waals surface area contributed by atoms with E-state index in [0.29, 0.717) is 17.8 Å². The predicted molar refractivity (Wildman–Crippen MR) is 94.2 cm³/mol. The first kappa shape index (κ1) is 16.2. The zero-order valence-corrected chi connectivity index (χ0v) is 14.1. The van der Waals surface area contributed by atoms with Crippen LogP contribution in [0, 0.1) is 5.92 Å². The molecule has 1 aromatic carbocycles. The van der Waals surface area contributed by atoms with E-state index in [4.69, 9.17) is 10.5 Å². The first-order valence-corrected chi connectivity index (χ1v) is 9.81. The lowest BCUT2D eigenvalue weighted by atomic mass is 9.92. The smallest absolute Gasteiger partial charge is 0.241 e. The summed E-state index contributed by atoms with van der Waals surface area (Å²) in [7, 11) is 0. The van der Waals surface area contributed by atoms with Gasteiger partial charge in [0.1, 0.15) is 0 Å². The molecule has 2 saturated heterocycles. The van der Waals surface area contributed by atoms with E-state index in [1.54, 1.807) is 0 Å². The fraction of sp³-hybridized carbons (Fsp3) is 0.562. The third-order valence-electron chi connectivity index (χ3n) is 4.12. The van der Waals surface area contributed by atoms with Crippen molar-refractivity contribution in [2.45, 2.75) is 23.5 Å². The van der Waals surface area contributed by atoms with Crippen molar-refractivity contribution in [2.75, 3.05) is 30.0 Å². The molecule has 120 valence electrons. The molecule has 2 fully saturated rings. The summed E-state index contributed by atoms with van der Waals surface area (Å²) >= 11 is 3.93. The van der Waals surface area contributed by atoms with Gasteiger partial charge < -0.3 is 15.8 Å². The fourth-order valence-electron chi connectivity index (χ4n) is 2.83. The van der Waals surface area contributed by atoms with Gasteiger partial charge in [0.15, 0.2) is 0 Å². The first-order chi connectivity index (χ1) is 10.7. The van der Waals surface area contributed by atoms with Crippen LogP contribution in [0.2, 0.25) is 0 Å². The Bertz CT molecular complexity index is 515. The molecule has 0 spiro atoms. The van der Waals surface area contributed by atoms with Crippen LogP contribution >= 0.6 is 23.5 Å². The summed E-state index contributed by atoms with van der Waals surface area (Å²) in [4.78, 5) is 12.4. The van der Waals surface area contributed by atoms with Crippen LogP contribution in [0.1, 0.15) is 23.0 Å². The van der Waals surface area contributed by atoms with Crippen LogP contribution in [0.5, 0.6) is 0 Å². The monoisotopic (exact) mass is 338 g/mol. The van der Waals surface area contributed by atoms with Crippen molar-refractivity contribution in [3.05, 3.63) is 29.8 Å². The van der Waals surface area contributed by atoms with E-state index in [2.05, 4.69) is 17.4 Å². The van der Waals surface area contributed by atoms with Gasteiger partial charge in [-0.2, -0.15) is 0 Å². The number of nitrogens with one attached hydrogen (secondary N) is 1. The Kier molecular flexibility index (Phi) is 5.68. The molecule has 3 N–H and O–H groups in total. The van der Waals surface area contributed by atoms with Crippen molar-refractivity contribution in [3.8, 4) is 0 Å². The van der Waals surface area contributed by atoms with E-state index in [-0.39, 0.29) is 11.8 Å². The number of thioether (sulfide) groups is 2. The summed E-state index contributed by atoms with van der Waals surface area (Å²) in [5.74, 6) is 2.52. The Balaban J connectivity index is 1.61. The maximum absolute atomic E-state index is 12.4. The van der Waals surface area contributed by atoms with Crippen LogP contribution < -0.4 is 11.1 Å². The van der Waals surface area contributed by atoms with E-state index < -0.39 is 6.04 Å². The largest absolute Gasteiger partial charge is 0.381 e. The van der Waals surface area contributed by atoms with Crippen LogP contribution in [0.3, 0.4) is 0 Å². The number of nitrogens with two attached hydrogens (primary N) is 1. The molecule has 4 nitrogen and oxygen atoms in total. The molecule has 1 atom stereocenters. The highest BCUT2D eigenvalue weighted by atomic mass is 32.2. The predicted octanol–water partition coefficient (Wildman–Crippen LogP) is 2.86. The average molecular weight is 338 g/mol. The zero-order valence-electron chi connectivity index (χ0n) is 12.5. The summed E-state index contributed by atoms with van der Waals surface area (Å²) in [6.45, 7) is 1.41. The number of hydrogen-bond donors (Lipinski definition) is 2. The molecule has 1 aromatic rings. The second kappa shape index (κ2) is 7.73. The maximum Gasteiger partial charge on any atom is 0.241 e. The summed E-state index contributed by atoms with van der Waals surface area (Å²) in [5.41, 5.74) is 8.24. The Morgan fingerprint density at radius 1 is 1.27 bits per heavy atom. The number of hydrogen-bond acceptors (Lipinski definition) is 5. The van der Waals surface area contributed by atoms with Gasteiger partial charge in [-0.15, -0.1) is 23.5 Å². The van der Waals surface area contributed by atoms with Gasteiger partial charge in [-0.1, -0.05) is 12.1 Å². The quantitative estimate of drug-likeness (QED) is 0.884. The Morgan fingerprint density at radius 2 is 2.00 bits per heavy atom. The lowest BCUT2D eigenvalue weighted by Gasteiger charge is -2.26. The minimum atomic E-state index is -0.456. The molecule has 6 heteroatoms. The van der Waals surface area contributed by atoms with Crippen LogP contribution in [0.15, 0.2) is 24.3 Å². The molecule has 0 radical (unpaired) electrons. The number of carbonyl (C=O) groups excluding carboxylic acids is 1. The van der Waals surface area contributed by atoms with Gasteiger partial charge in [-0.3, -0.25) is 4.79 Å². The molecule has 2 aliphatic rings. The van der Waals surface area contributed by atoms with Gasteiger partial charge in [0.05, 0.1) is 10.6 Å². The normalized spacial score (nSPS) is 21.7. The number of ether oxygens (including phenoxy) is 1. The minimum absolute atomic E-state index is 0.0872. The molecule has 1 unspecified atom stereocenters. The van der Waals surface area contributed by atoms with Crippen molar-refractivity contribution in [1.82, 2.24) is 0 Å². The second-order valence-electron chi connectivity index (χ2n) is 5.66. The summed E-state index contributed by atoms with van der Waals surface area (Å²) in [6.07, 6.45) is 1.73. The summed E-state index contributed by atoms with van der Waals surface area (Å²) < 4.78 is 5.82. The third kappa shape index (κ3) is 3.98. The number of rotatable bonds is 4. The van der Waals surface area contributed by atoms with Crippen molar-refractivity contribution >= 4 is 35.1 Å². The van der Waals surface area contributed by atoms with Crippen molar-refractivity contribution in [2.24, 2.45) is 11.7 Å². The van der Waals surface area contributed by atoms with Crippen LogP contribution in [-0.4, -0.2) is 36.7 Å². The Labute approximate surface area is 139 Å². The topological polar surface area (TPSA) is 64.4 Å². The van der Waals surface area contributed by atoms with Crippen LogP contribution in [0.4, 0.5) is 5.69 Å². The Hall–Kier alpha value is -0.690.